The van der Waals surface area contributed by atoms with Crippen LogP contribution in [-0.2, 0) is 0 Å². The molecule has 1 saturated heterocycles. The van der Waals surface area contributed by atoms with Crippen LogP contribution in [0, 0.1) is 0 Å². The van der Waals surface area contributed by atoms with Gasteiger partial charge in [-0.15, -0.1) is 0 Å². The number of ether oxygens (including phenoxy) is 1. The third kappa shape index (κ3) is 3.01. The number of aliphatic imine (C=N–C) groups is 1. The fraction of sp³-hybridized carbons (Fsp3) is 0.368. The zero-order chi connectivity index (χ0) is 18.3. The zero-order valence-corrected chi connectivity index (χ0v) is 16.2. The third-order valence-electron chi connectivity index (χ3n) is 4.57. The highest BCUT2D eigenvalue weighted by atomic mass is 35.5. The number of phenols is 1. The van der Waals surface area contributed by atoms with E-state index in [9.17, 15) is 5.11 Å². The van der Waals surface area contributed by atoms with E-state index in [4.69, 9.17) is 21.3 Å². The van der Waals surface area contributed by atoms with Crippen LogP contribution in [0.1, 0.15) is 37.2 Å². The minimum atomic E-state index is -0.110. The Kier molecular flexibility index (Phi) is 4.71. The number of amidine groups is 1. The Morgan fingerprint density at radius 2 is 2.23 bits per heavy atom. The Bertz CT molecular complexity index is 846. The average Bonchev–Trinajstić information content (AvgIpc) is 3.15. The Morgan fingerprint density at radius 3 is 2.96 bits per heavy atom. The molecule has 1 N–H and O–H groups in total. The van der Waals surface area contributed by atoms with Gasteiger partial charge < -0.3 is 14.7 Å². The summed E-state index contributed by atoms with van der Waals surface area (Å²) >= 11 is 8.08. The van der Waals surface area contributed by atoms with Crippen LogP contribution >= 0.6 is 23.4 Å². The van der Waals surface area contributed by atoms with Crippen molar-refractivity contribution in [2.75, 3.05) is 13.2 Å². The minimum Gasteiger partial charge on any atom is -0.503 e. The minimum absolute atomic E-state index is 0.0186. The average molecular weight is 390 g/mol. The van der Waals surface area contributed by atoms with Crippen molar-refractivity contribution >= 4 is 28.5 Å². The molecule has 3 heterocycles. The number of aromatic nitrogens is 1. The normalized spacial score (nSPS) is 24.5. The fourth-order valence-corrected chi connectivity index (χ4v) is 4.82. The lowest BCUT2D eigenvalue weighted by atomic mass is 9.96. The molecule has 0 spiro atoms. The van der Waals surface area contributed by atoms with Gasteiger partial charge in [0.25, 0.3) is 0 Å². The van der Waals surface area contributed by atoms with Gasteiger partial charge in [0, 0.05) is 18.0 Å². The van der Waals surface area contributed by atoms with E-state index < -0.39 is 0 Å². The lowest BCUT2D eigenvalue weighted by Gasteiger charge is -2.28. The van der Waals surface area contributed by atoms with E-state index in [0.29, 0.717) is 22.6 Å². The molecule has 0 aliphatic carbocycles. The van der Waals surface area contributed by atoms with Crippen LogP contribution < -0.4 is 4.74 Å². The predicted octanol–water partition coefficient (Wildman–Crippen LogP) is 4.43. The molecule has 1 aromatic heterocycles. The van der Waals surface area contributed by atoms with Gasteiger partial charge in [0.1, 0.15) is 6.04 Å². The molecule has 0 unspecified atom stereocenters. The summed E-state index contributed by atoms with van der Waals surface area (Å²) in [6.07, 6.45) is 1.79. The van der Waals surface area contributed by atoms with E-state index in [1.165, 1.54) is 0 Å². The molecule has 0 bridgehead atoms. The van der Waals surface area contributed by atoms with Crippen molar-refractivity contribution in [2.24, 2.45) is 4.99 Å². The molecule has 4 rings (SSSR count). The first kappa shape index (κ1) is 17.5. The first-order valence-electron chi connectivity index (χ1n) is 8.65. The number of benzene rings is 1. The van der Waals surface area contributed by atoms with Crippen molar-refractivity contribution in [3.63, 3.8) is 0 Å². The summed E-state index contributed by atoms with van der Waals surface area (Å²) in [6, 6.07) is 9.45. The molecular formula is C19H20ClN3O2S. The summed E-state index contributed by atoms with van der Waals surface area (Å²) in [6.45, 7) is 5.46. The molecular weight excluding hydrogens is 370 g/mol. The second-order valence-electron chi connectivity index (χ2n) is 6.42. The number of hydrogen-bond donors (Lipinski definition) is 1. The van der Waals surface area contributed by atoms with Crippen LogP contribution in [0.4, 0.5) is 0 Å². The highest BCUT2D eigenvalue weighted by Gasteiger charge is 2.43. The lowest BCUT2D eigenvalue weighted by molar-refractivity contribution is 0.306. The maximum Gasteiger partial charge on any atom is 0.176 e. The van der Waals surface area contributed by atoms with Crippen molar-refractivity contribution in [1.29, 1.82) is 0 Å². The Hall–Kier alpha value is -1.92. The summed E-state index contributed by atoms with van der Waals surface area (Å²) in [5.74, 6) is 0.387. The molecule has 0 saturated carbocycles. The molecule has 2 aliphatic heterocycles. The molecule has 0 amide bonds. The van der Waals surface area contributed by atoms with Gasteiger partial charge in [-0.3, -0.25) is 9.98 Å². The van der Waals surface area contributed by atoms with Crippen LogP contribution in [0.25, 0.3) is 0 Å². The second kappa shape index (κ2) is 7.00. The van der Waals surface area contributed by atoms with E-state index in [1.807, 2.05) is 37.3 Å². The Balaban J connectivity index is 1.80. The van der Waals surface area contributed by atoms with Gasteiger partial charge in [-0.25, -0.2) is 0 Å². The summed E-state index contributed by atoms with van der Waals surface area (Å²) < 4.78 is 5.58. The molecule has 1 aromatic carbocycles. The monoisotopic (exact) mass is 389 g/mol. The predicted molar refractivity (Wildman–Crippen MR) is 105 cm³/mol. The molecule has 5 nitrogen and oxygen atoms in total. The molecule has 0 radical (unpaired) electrons. The molecule has 1 fully saturated rings. The van der Waals surface area contributed by atoms with E-state index in [1.54, 1.807) is 18.0 Å². The van der Waals surface area contributed by atoms with Gasteiger partial charge in [-0.2, -0.15) is 0 Å². The number of halogens is 1. The van der Waals surface area contributed by atoms with E-state index in [2.05, 4.69) is 16.8 Å². The Morgan fingerprint density at radius 1 is 1.38 bits per heavy atom. The van der Waals surface area contributed by atoms with Crippen molar-refractivity contribution in [3.8, 4) is 11.5 Å². The first-order chi connectivity index (χ1) is 12.6. The van der Waals surface area contributed by atoms with E-state index >= 15 is 0 Å². The number of pyridine rings is 1. The highest BCUT2D eigenvalue weighted by Crippen LogP contribution is 2.49. The molecule has 3 atom stereocenters. The number of phenolic OH excluding ortho intramolecular Hbond substituents is 1. The zero-order valence-electron chi connectivity index (χ0n) is 14.6. The molecule has 2 aliphatic rings. The molecule has 136 valence electrons. The first-order valence-corrected chi connectivity index (χ1v) is 9.91. The number of thioether (sulfide) groups is 1. The summed E-state index contributed by atoms with van der Waals surface area (Å²) in [5, 5.41) is 12.0. The van der Waals surface area contributed by atoms with Gasteiger partial charge in [0.15, 0.2) is 16.7 Å². The van der Waals surface area contributed by atoms with Gasteiger partial charge >= 0.3 is 0 Å². The number of hydrogen-bond acceptors (Lipinski definition) is 6. The van der Waals surface area contributed by atoms with Crippen molar-refractivity contribution in [2.45, 2.75) is 31.2 Å². The van der Waals surface area contributed by atoms with Crippen LogP contribution in [0.2, 0.25) is 5.02 Å². The van der Waals surface area contributed by atoms with Crippen molar-refractivity contribution in [3.05, 3.63) is 52.8 Å². The van der Waals surface area contributed by atoms with E-state index in [-0.39, 0.29) is 17.8 Å². The highest BCUT2D eigenvalue weighted by molar-refractivity contribution is 8.14. The largest absolute Gasteiger partial charge is 0.503 e. The van der Waals surface area contributed by atoms with Crippen molar-refractivity contribution in [1.82, 2.24) is 9.88 Å². The maximum atomic E-state index is 10.2. The fourth-order valence-electron chi connectivity index (χ4n) is 3.51. The molecule has 26 heavy (non-hydrogen) atoms. The van der Waals surface area contributed by atoms with Gasteiger partial charge in [-0.05, 0) is 36.8 Å². The third-order valence-corrected chi connectivity index (χ3v) is 5.96. The van der Waals surface area contributed by atoms with Gasteiger partial charge in [0.05, 0.1) is 23.4 Å². The number of nitrogens with zero attached hydrogens (tertiary/aromatic N) is 3. The van der Waals surface area contributed by atoms with Crippen LogP contribution in [0.5, 0.6) is 11.5 Å². The number of fused-ring (bicyclic) bond motifs is 1. The number of rotatable bonds is 4. The van der Waals surface area contributed by atoms with Gasteiger partial charge in [0.2, 0.25) is 0 Å². The smallest absolute Gasteiger partial charge is 0.176 e. The number of aromatic hydroxyl groups is 1. The van der Waals surface area contributed by atoms with Crippen LogP contribution in [0.3, 0.4) is 0 Å². The second-order valence-corrected chi connectivity index (χ2v) is 8.23. The van der Waals surface area contributed by atoms with E-state index in [0.717, 1.165) is 23.0 Å². The van der Waals surface area contributed by atoms with Crippen LogP contribution in [-0.4, -0.2) is 38.6 Å². The summed E-state index contributed by atoms with van der Waals surface area (Å²) in [5.41, 5.74) is 1.90. The quantitative estimate of drug-likeness (QED) is 0.838. The molecule has 7 heteroatoms. The lowest BCUT2D eigenvalue weighted by Crippen LogP contribution is -2.28. The summed E-state index contributed by atoms with van der Waals surface area (Å²) in [7, 11) is 0. The summed E-state index contributed by atoms with van der Waals surface area (Å²) in [4.78, 5) is 11.8. The SMILES string of the molecule is CCOc1cc([C@H]2[C@@H](c3ccccn3)N=C3S[C@@H](C)CN32)cc(Cl)c1O. The van der Waals surface area contributed by atoms with Gasteiger partial charge in [-0.1, -0.05) is 36.4 Å². The topological polar surface area (TPSA) is 58.0 Å². The standard InChI is InChI=1S/C19H20ClN3O2S/c1-3-25-15-9-12(8-13(20)18(15)24)17-16(14-6-4-5-7-21-14)22-19-23(17)10-11(2)26-19/h4-9,11,16-17,24H,3,10H2,1-2H3/t11-,16+,17-/m0/s1. The van der Waals surface area contributed by atoms with Crippen LogP contribution in [0.15, 0.2) is 41.5 Å². The van der Waals surface area contributed by atoms with Crippen molar-refractivity contribution < 1.29 is 9.84 Å². The Labute approximate surface area is 162 Å². The molecule has 2 aromatic rings. The maximum absolute atomic E-state index is 10.2.